The molecule has 1 aromatic carbocycles. The molecular formula is C16H19N3O5. The monoisotopic (exact) mass is 333 g/mol. The highest BCUT2D eigenvalue weighted by atomic mass is 16.5. The first-order valence-electron chi connectivity index (χ1n) is 7.64. The van der Waals surface area contributed by atoms with Gasteiger partial charge in [-0.1, -0.05) is 0 Å². The Kier molecular flexibility index (Phi) is 3.82. The summed E-state index contributed by atoms with van der Waals surface area (Å²) in [5, 5.41) is 4.76. The van der Waals surface area contributed by atoms with Crippen molar-refractivity contribution in [3.8, 4) is 11.5 Å². The van der Waals surface area contributed by atoms with Gasteiger partial charge in [-0.2, -0.15) is 0 Å². The molecule has 0 bridgehead atoms. The normalized spacial score (nSPS) is 22.3. The minimum absolute atomic E-state index is 0.0877. The van der Waals surface area contributed by atoms with E-state index >= 15 is 0 Å². The van der Waals surface area contributed by atoms with Crippen molar-refractivity contribution < 1.29 is 23.9 Å². The van der Waals surface area contributed by atoms with Crippen molar-refractivity contribution in [1.29, 1.82) is 0 Å². The average molecular weight is 333 g/mol. The zero-order valence-corrected chi connectivity index (χ0v) is 13.8. The first kappa shape index (κ1) is 16.1. The number of carbonyl (C=O) groups excluding carboxylic acids is 3. The van der Waals surface area contributed by atoms with Gasteiger partial charge >= 0.3 is 6.03 Å². The van der Waals surface area contributed by atoms with Crippen LogP contribution in [0.15, 0.2) is 12.1 Å². The summed E-state index contributed by atoms with van der Waals surface area (Å²) in [4.78, 5) is 37.5. The van der Waals surface area contributed by atoms with Crippen LogP contribution in [0.2, 0.25) is 0 Å². The Morgan fingerprint density at radius 1 is 1.25 bits per heavy atom. The number of imide groups is 1. The molecule has 1 unspecified atom stereocenters. The van der Waals surface area contributed by atoms with Gasteiger partial charge in [0, 0.05) is 12.1 Å². The molecule has 0 saturated carbocycles. The first-order chi connectivity index (χ1) is 11.4. The SMILES string of the molecule is CCOc1cc2c(cc1OC)C(=O)N(CC1(C)NC(=O)NC1=O)C2. The fraction of sp³-hybridized carbons (Fsp3) is 0.438. The van der Waals surface area contributed by atoms with Crippen molar-refractivity contribution in [3.05, 3.63) is 23.3 Å². The average Bonchev–Trinajstić information content (AvgIpc) is 2.95. The highest BCUT2D eigenvalue weighted by Crippen LogP contribution is 2.35. The number of rotatable bonds is 5. The minimum atomic E-state index is -1.14. The van der Waals surface area contributed by atoms with E-state index in [-0.39, 0.29) is 12.5 Å². The Balaban J connectivity index is 1.85. The second-order valence-corrected chi connectivity index (χ2v) is 5.99. The summed E-state index contributed by atoms with van der Waals surface area (Å²) in [5.41, 5.74) is 0.183. The third-order valence-corrected chi connectivity index (χ3v) is 4.19. The Morgan fingerprint density at radius 3 is 2.58 bits per heavy atom. The quantitative estimate of drug-likeness (QED) is 0.771. The lowest BCUT2D eigenvalue weighted by atomic mass is 10.0. The summed E-state index contributed by atoms with van der Waals surface area (Å²) in [6.07, 6.45) is 0. The van der Waals surface area contributed by atoms with E-state index in [4.69, 9.17) is 9.47 Å². The third kappa shape index (κ3) is 2.53. The predicted molar refractivity (Wildman–Crippen MR) is 84.0 cm³/mol. The minimum Gasteiger partial charge on any atom is -0.493 e. The summed E-state index contributed by atoms with van der Waals surface area (Å²) >= 11 is 0. The van der Waals surface area contributed by atoms with Crippen LogP contribution in [-0.4, -0.2) is 48.5 Å². The van der Waals surface area contributed by atoms with Crippen LogP contribution in [0.5, 0.6) is 11.5 Å². The summed E-state index contributed by atoms with van der Waals surface area (Å²) in [6, 6.07) is 2.88. The standard InChI is InChI=1S/C16H19N3O5/c1-4-24-12-5-9-7-19(13(20)10(9)6-11(12)23-3)8-16(2)14(21)17-15(22)18-16/h5-6H,4,7-8H2,1-3H3,(H2,17,18,21,22). The number of nitrogens with one attached hydrogen (secondary N) is 2. The van der Waals surface area contributed by atoms with E-state index in [0.717, 1.165) is 5.56 Å². The zero-order valence-electron chi connectivity index (χ0n) is 13.8. The van der Waals surface area contributed by atoms with Gasteiger partial charge in [0.15, 0.2) is 11.5 Å². The third-order valence-electron chi connectivity index (χ3n) is 4.19. The molecule has 1 fully saturated rings. The number of hydrogen-bond acceptors (Lipinski definition) is 5. The number of ether oxygens (including phenoxy) is 2. The molecular weight excluding hydrogens is 314 g/mol. The van der Waals surface area contributed by atoms with Crippen LogP contribution in [0.3, 0.4) is 0 Å². The molecule has 0 aromatic heterocycles. The Morgan fingerprint density at radius 2 is 2.00 bits per heavy atom. The Bertz CT molecular complexity index is 733. The Hall–Kier alpha value is -2.77. The molecule has 0 radical (unpaired) electrons. The largest absolute Gasteiger partial charge is 0.493 e. The molecule has 0 aliphatic carbocycles. The molecule has 1 aromatic rings. The van der Waals surface area contributed by atoms with E-state index in [1.54, 1.807) is 19.1 Å². The summed E-state index contributed by atoms with van der Waals surface area (Å²) < 4.78 is 10.8. The van der Waals surface area contributed by atoms with E-state index in [9.17, 15) is 14.4 Å². The van der Waals surface area contributed by atoms with Gasteiger partial charge in [0.2, 0.25) is 0 Å². The number of methoxy groups -OCH3 is 1. The summed E-state index contributed by atoms with van der Waals surface area (Å²) in [7, 11) is 1.51. The fourth-order valence-corrected chi connectivity index (χ4v) is 3.01. The highest BCUT2D eigenvalue weighted by Gasteiger charge is 2.45. The number of benzene rings is 1. The highest BCUT2D eigenvalue weighted by molar-refractivity contribution is 6.07. The maximum atomic E-state index is 12.6. The predicted octanol–water partition coefficient (Wildman–Crippen LogP) is 0.648. The Labute approximate surface area is 139 Å². The number of urea groups is 1. The molecule has 128 valence electrons. The van der Waals surface area contributed by atoms with Crippen molar-refractivity contribution in [2.75, 3.05) is 20.3 Å². The van der Waals surface area contributed by atoms with Crippen LogP contribution >= 0.6 is 0 Å². The molecule has 8 heteroatoms. The zero-order chi connectivity index (χ0) is 17.5. The molecule has 2 aliphatic heterocycles. The van der Waals surface area contributed by atoms with Crippen LogP contribution in [0.1, 0.15) is 29.8 Å². The maximum absolute atomic E-state index is 12.6. The molecule has 0 spiro atoms. The number of nitrogens with zero attached hydrogens (tertiary/aromatic N) is 1. The van der Waals surface area contributed by atoms with Crippen molar-refractivity contribution in [2.45, 2.75) is 25.9 Å². The molecule has 2 aliphatic rings. The van der Waals surface area contributed by atoms with Gasteiger partial charge in [-0.15, -0.1) is 0 Å². The van der Waals surface area contributed by atoms with E-state index in [1.165, 1.54) is 12.0 Å². The van der Waals surface area contributed by atoms with Gasteiger partial charge in [0.25, 0.3) is 11.8 Å². The van der Waals surface area contributed by atoms with Gasteiger partial charge in [0.05, 0.1) is 20.3 Å². The van der Waals surface area contributed by atoms with E-state index in [2.05, 4.69) is 10.6 Å². The smallest absolute Gasteiger partial charge is 0.322 e. The second kappa shape index (κ2) is 5.70. The molecule has 1 saturated heterocycles. The summed E-state index contributed by atoms with van der Waals surface area (Å²) in [5.74, 6) is 0.417. The number of amides is 4. The number of carbonyl (C=O) groups is 3. The van der Waals surface area contributed by atoms with Gasteiger partial charge in [0.1, 0.15) is 5.54 Å². The van der Waals surface area contributed by atoms with Crippen molar-refractivity contribution in [2.24, 2.45) is 0 Å². The fourth-order valence-electron chi connectivity index (χ4n) is 3.01. The van der Waals surface area contributed by atoms with Gasteiger partial charge in [-0.3, -0.25) is 14.9 Å². The molecule has 4 amide bonds. The van der Waals surface area contributed by atoms with Crippen LogP contribution in [0.25, 0.3) is 0 Å². The van der Waals surface area contributed by atoms with Gasteiger partial charge in [-0.05, 0) is 31.5 Å². The van der Waals surface area contributed by atoms with Crippen LogP contribution in [0, 0.1) is 0 Å². The first-order valence-corrected chi connectivity index (χ1v) is 7.64. The topological polar surface area (TPSA) is 97.0 Å². The van der Waals surface area contributed by atoms with Crippen molar-refractivity contribution in [1.82, 2.24) is 15.5 Å². The lowest BCUT2D eigenvalue weighted by molar-refractivity contribution is -0.123. The molecule has 1 atom stereocenters. The molecule has 2 N–H and O–H groups in total. The summed E-state index contributed by atoms with van der Waals surface area (Å²) in [6.45, 7) is 4.38. The molecule has 24 heavy (non-hydrogen) atoms. The van der Waals surface area contributed by atoms with Crippen LogP contribution in [0.4, 0.5) is 4.79 Å². The number of fused-ring (bicyclic) bond motifs is 1. The molecule has 8 nitrogen and oxygen atoms in total. The lowest BCUT2D eigenvalue weighted by Crippen LogP contribution is -2.52. The maximum Gasteiger partial charge on any atom is 0.322 e. The second-order valence-electron chi connectivity index (χ2n) is 5.99. The van der Waals surface area contributed by atoms with E-state index in [0.29, 0.717) is 30.2 Å². The van der Waals surface area contributed by atoms with Gasteiger partial charge < -0.3 is 19.7 Å². The van der Waals surface area contributed by atoms with Crippen molar-refractivity contribution >= 4 is 17.8 Å². The van der Waals surface area contributed by atoms with E-state index in [1.807, 2.05) is 6.92 Å². The lowest BCUT2D eigenvalue weighted by Gasteiger charge is -2.26. The van der Waals surface area contributed by atoms with Crippen molar-refractivity contribution in [3.63, 3.8) is 0 Å². The van der Waals surface area contributed by atoms with Gasteiger partial charge in [-0.25, -0.2) is 4.79 Å². The molecule has 2 heterocycles. The molecule has 3 rings (SSSR count). The van der Waals surface area contributed by atoms with Crippen LogP contribution < -0.4 is 20.1 Å². The number of hydrogen-bond donors (Lipinski definition) is 2. The van der Waals surface area contributed by atoms with E-state index < -0.39 is 17.5 Å². The van der Waals surface area contributed by atoms with Crippen LogP contribution in [-0.2, 0) is 11.3 Å².